The number of benzene rings is 1. The molecule has 0 aliphatic carbocycles. The van der Waals surface area contributed by atoms with Crippen LogP contribution in [0.15, 0.2) is 36.3 Å². The van der Waals surface area contributed by atoms with Crippen molar-refractivity contribution in [2.45, 2.75) is 13.0 Å². The third kappa shape index (κ3) is 1.72. The van der Waals surface area contributed by atoms with Gasteiger partial charge in [-0.25, -0.2) is 0 Å². The van der Waals surface area contributed by atoms with Crippen molar-refractivity contribution in [1.29, 1.82) is 0 Å². The van der Waals surface area contributed by atoms with E-state index in [1.165, 1.54) is 5.56 Å². The standard InChI is InChI=1S/C11H13NO2/c1-8-3-2-4-9(5-8)11(12)10-6-13-7-14-10/h2-6,11H,7,12H2,1H3. The first-order valence-corrected chi connectivity index (χ1v) is 4.54. The van der Waals surface area contributed by atoms with Crippen LogP contribution in [0, 0.1) is 6.92 Å². The minimum atomic E-state index is -0.225. The van der Waals surface area contributed by atoms with Gasteiger partial charge >= 0.3 is 0 Å². The topological polar surface area (TPSA) is 44.5 Å². The van der Waals surface area contributed by atoms with Crippen LogP contribution in [-0.4, -0.2) is 6.79 Å². The van der Waals surface area contributed by atoms with Crippen LogP contribution >= 0.6 is 0 Å². The van der Waals surface area contributed by atoms with E-state index in [1.807, 2.05) is 31.2 Å². The first-order chi connectivity index (χ1) is 6.77. The summed E-state index contributed by atoms with van der Waals surface area (Å²) < 4.78 is 10.2. The van der Waals surface area contributed by atoms with E-state index in [9.17, 15) is 0 Å². The highest BCUT2D eigenvalue weighted by atomic mass is 16.7. The van der Waals surface area contributed by atoms with Gasteiger partial charge < -0.3 is 15.2 Å². The van der Waals surface area contributed by atoms with Crippen LogP contribution in [0.1, 0.15) is 17.2 Å². The predicted octanol–water partition coefficient (Wildman–Crippen LogP) is 1.84. The highest BCUT2D eigenvalue weighted by Gasteiger charge is 2.17. The Morgan fingerprint density at radius 1 is 1.43 bits per heavy atom. The quantitative estimate of drug-likeness (QED) is 0.775. The van der Waals surface area contributed by atoms with Crippen molar-refractivity contribution in [3.05, 3.63) is 47.4 Å². The van der Waals surface area contributed by atoms with Gasteiger partial charge in [0.05, 0.1) is 6.04 Å². The van der Waals surface area contributed by atoms with Gasteiger partial charge in [-0.05, 0) is 12.5 Å². The summed E-state index contributed by atoms with van der Waals surface area (Å²) in [5.74, 6) is 0.690. The summed E-state index contributed by atoms with van der Waals surface area (Å²) >= 11 is 0. The molecular weight excluding hydrogens is 178 g/mol. The van der Waals surface area contributed by atoms with Crippen LogP contribution < -0.4 is 5.73 Å². The summed E-state index contributed by atoms with van der Waals surface area (Å²) in [4.78, 5) is 0. The first kappa shape index (κ1) is 9.09. The summed E-state index contributed by atoms with van der Waals surface area (Å²) in [6.07, 6.45) is 1.58. The summed E-state index contributed by atoms with van der Waals surface area (Å²) in [5.41, 5.74) is 8.23. The zero-order chi connectivity index (χ0) is 9.97. The Morgan fingerprint density at radius 2 is 2.29 bits per heavy atom. The second-order valence-corrected chi connectivity index (χ2v) is 3.34. The maximum atomic E-state index is 6.00. The Balaban J connectivity index is 2.22. The van der Waals surface area contributed by atoms with Crippen molar-refractivity contribution >= 4 is 0 Å². The molecule has 74 valence electrons. The van der Waals surface area contributed by atoms with Crippen LogP contribution in [0.3, 0.4) is 0 Å². The lowest BCUT2D eigenvalue weighted by molar-refractivity contribution is 0.0755. The van der Waals surface area contributed by atoms with Gasteiger partial charge in [-0.2, -0.15) is 0 Å². The maximum absolute atomic E-state index is 6.00. The molecule has 0 saturated carbocycles. The molecule has 2 rings (SSSR count). The van der Waals surface area contributed by atoms with Crippen molar-refractivity contribution in [2.75, 3.05) is 6.79 Å². The molecule has 1 aromatic carbocycles. The number of ether oxygens (including phenoxy) is 2. The summed E-state index contributed by atoms with van der Waals surface area (Å²) in [6.45, 7) is 2.31. The average Bonchev–Trinajstić information content (AvgIpc) is 2.69. The molecule has 0 fully saturated rings. The molecule has 0 spiro atoms. The molecule has 14 heavy (non-hydrogen) atoms. The zero-order valence-electron chi connectivity index (χ0n) is 8.07. The third-order valence-corrected chi connectivity index (χ3v) is 2.20. The molecule has 1 aliphatic heterocycles. The normalized spacial score (nSPS) is 16.9. The van der Waals surface area contributed by atoms with Crippen LogP contribution in [0.2, 0.25) is 0 Å². The molecule has 2 N–H and O–H groups in total. The largest absolute Gasteiger partial charge is 0.462 e. The second kappa shape index (κ2) is 3.72. The van der Waals surface area contributed by atoms with Gasteiger partial charge in [0.2, 0.25) is 6.79 Å². The molecule has 1 heterocycles. The second-order valence-electron chi connectivity index (χ2n) is 3.34. The van der Waals surface area contributed by atoms with Crippen molar-refractivity contribution < 1.29 is 9.47 Å². The Labute approximate surface area is 83.1 Å². The van der Waals surface area contributed by atoms with Crippen LogP contribution in [-0.2, 0) is 9.47 Å². The number of hydrogen-bond donors (Lipinski definition) is 1. The molecule has 0 amide bonds. The molecule has 1 atom stereocenters. The lowest BCUT2D eigenvalue weighted by atomic mass is 10.0. The van der Waals surface area contributed by atoms with E-state index in [0.29, 0.717) is 5.76 Å². The summed E-state index contributed by atoms with van der Waals surface area (Å²) in [7, 11) is 0. The molecule has 1 aromatic rings. The fraction of sp³-hybridized carbons (Fsp3) is 0.273. The van der Waals surface area contributed by atoms with Gasteiger partial charge in [0.25, 0.3) is 0 Å². The van der Waals surface area contributed by atoms with E-state index in [1.54, 1.807) is 6.26 Å². The number of nitrogens with two attached hydrogens (primary N) is 1. The smallest absolute Gasteiger partial charge is 0.229 e. The third-order valence-electron chi connectivity index (χ3n) is 2.20. The van der Waals surface area contributed by atoms with E-state index in [4.69, 9.17) is 15.2 Å². The molecule has 3 nitrogen and oxygen atoms in total. The lowest BCUT2D eigenvalue weighted by Crippen LogP contribution is -2.13. The fourth-order valence-electron chi connectivity index (χ4n) is 1.44. The van der Waals surface area contributed by atoms with E-state index < -0.39 is 0 Å². The summed E-state index contributed by atoms with van der Waals surface area (Å²) in [5, 5.41) is 0. The molecule has 0 saturated heterocycles. The highest BCUT2D eigenvalue weighted by Crippen LogP contribution is 2.23. The van der Waals surface area contributed by atoms with E-state index in [-0.39, 0.29) is 12.8 Å². The first-order valence-electron chi connectivity index (χ1n) is 4.54. The van der Waals surface area contributed by atoms with Crippen molar-refractivity contribution in [2.24, 2.45) is 5.73 Å². The predicted molar refractivity (Wildman–Crippen MR) is 53.2 cm³/mol. The van der Waals surface area contributed by atoms with Gasteiger partial charge in [0, 0.05) is 0 Å². The van der Waals surface area contributed by atoms with Crippen molar-refractivity contribution in [3.8, 4) is 0 Å². The van der Waals surface area contributed by atoms with Gasteiger partial charge in [-0.15, -0.1) is 0 Å². The van der Waals surface area contributed by atoms with Gasteiger partial charge in [-0.1, -0.05) is 29.8 Å². The molecule has 1 aliphatic rings. The monoisotopic (exact) mass is 191 g/mol. The maximum Gasteiger partial charge on any atom is 0.229 e. The van der Waals surface area contributed by atoms with Gasteiger partial charge in [0.1, 0.15) is 6.26 Å². The van der Waals surface area contributed by atoms with Crippen LogP contribution in [0.5, 0.6) is 0 Å². The highest BCUT2D eigenvalue weighted by molar-refractivity contribution is 5.29. The summed E-state index contributed by atoms with van der Waals surface area (Å²) in [6, 6.07) is 7.84. The van der Waals surface area contributed by atoms with E-state index in [2.05, 4.69) is 0 Å². The number of rotatable bonds is 2. The van der Waals surface area contributed by atoms with E-state index in [0.717, 1.165) is 5.56 Å². The Bertz CT molecular complexity index is 360. The minimum absolute atomic E-state index is 0.225. The molecule has 1 unspecified atom stereocenters. The SMILES string of the molecule is Cc1cccc(C(N)C2=COCO2)c1. The Morgan fingerprint density at radius 3 is 2.93 bits per heavy atom. The molecular formula is C11H13NO2. The van der Waals surface area contributed by atoms with Gasteiger partial charge in [0.15, 0.2) is 5.76 Å². The average molecular weight is 191 g/mol. The number of hydrogen-bond acceptors (Lipinski definition) is 3. The van der Waals surface area contributed by atoms with Gasteiger partial charge in [-0.3, -0.25) is 0 Å². The van der Waals surface area contributed by atoms with E-state index >= 15 is 0 Å². The zero-order valence-corrected chi connectivity index (χ0v) is 8.07. The Kier molecular flexibility index (Phi) is 2.41. The Hall–Kier alpha value is -1.48. The minimum Gasteiger partial charge on any atom is -0.462 e. The van der Waals surface area contributed by atoms with Crippen molar-refractivity contribution in [1.82, 2.24) is 0 Å². The molecule has 0 aromatic heterocycles. The van der Waals surface area contributed by atoms with Crippen molar-refractivity contribution in [3.63, 3.8) is 0 Å². The van der Waals surface area contributed by atoms with Crippen LogP contribution in [0.25, 0.3) is 0 Å². The molecule has 3 heteroatoms. The lowest BCUT2D eigenvalue weighted by Gasteiger charge is -2.11. The molecule has 0 radical (unpaired) electrons. The molecule has 0 bridgehead atoms. The fourth-order valence-corrected chi connectivity index (χ4v) is 1.44. The number of aryl methyl sites for hydroxylation is 1. The van der Waals surface area contributed by atoms with Crippen LogP contribution in [0.4, 0.5) is 0 Å².